The van der Waals surface area contributed by atoms with E-state index in [1.165, 1.54) is 0 Å². The number of halogens is 1. The molecule has 0 amide bonds. The van der Waals surface area contributed by atoms with Crippen LogP contribution >= 0.6 is 15.9 Å². The van der Waals surface area contributed by atoms with Crippen molar-refractivity contribution in [1.29, 1.82) is 0 Å². The second-order valence-electron chi connectivity index (χ2n) is 3.00. The third kappa shape index (κ3) is 3.63. The predicted molar refractivity (Wildman–Crippen MR) is 67.4 cm³/mol. The molecule has 0 aromatic heterocycles. The van der Waals surface area contributed by atoms with Crippen molar-refractivity contribution in [1.82, 2.24) is 4.72 Å². The predicted octanol–water partition coefficient (Wildman–Crippen LogP) is 2.14. The van der Waals surface area contributed by atoms with Crippen LogP contribution in [0.3, 0.4) is 0 Å². The zero-order valence-electron chi connectivity index (χ0n) is 8.83. The highest BCUT2D eigenvalue weighted by Crippen LogP contribution is 2.20. The van der Waals surface area contributed by atoms with Crippen LogP contribution in [0.2, 0.25) is 0 Å². The van der Waals surface area contributed by atoms with Crippen LogP contribution in [-0.4, -0.2) is 15.0 Å². The van der Waals surface area contributed by atoms with E-state index in [0.29, 0.717) is 17.4 Å². The molecule has 5 heteroatoms. The Balaban J connectivity index is 2.78. The summed E-state index contributed by atoms with van der Waals surface area (Å²) in [7, 11) is -3.44. The Kier molecular flexibility index (Phi) is 5.00. The van der Waals surface area contributed by atoms with Crippen molar-refractivity contribution >= 4 is 26.0 Å². The van der Waals surface area contributed by atoms with Crippen LogP contribution in [0.5, 0.6) is 0 Å². The van der Waals surface area contributed by atoms with Gasteiger partial charge in [-0.25, -0.2) is 13.1 Å². The summed E-state index contributed by atoms with van der Waals surface area (Å²) in [5, 5.41) is 0. The molecule has 86 valence electrons. The second-order valence-corrected chi connectivity index (χ2v) is 5.59. The fraction of sp³-hybridized carbons (Fsp3) is 0.273. The molecule has 0 bridgehead atoms. The van der Waals surface area contributed by atoms with E-state index in [-0.39, 0.29) is 4.90 Å². The van der Waals surface area contributed by atoms with Crippen molar-refractivity contribution in [3.05, 3.63) is 28.7 Å². The lowest BCUT2D eigenvalue weighted by Gasteiger charge is -2.06. The minimum atomic E-state index is -3.44. The minimum Gasteiger partial charge on any atom is -0.210 e. The molecule has 0 unspecified atom stereocenters. The molecule has 0 saturated heterocycles. The second kappa shape index (κ2) is 6.04. The minimum absolute atomic E-state index is 0.249. The zero-order valence-corrected chi connectivity index (χ0v) is 11.2. The lowest BCUT2D eigenvalue weighted by atomic mass is 10.4. The van der Waals surface area contributed by atoms with E-state index in [1.807, 2.05) is 0 Å². The molecule has 0 heterocycles. The van der Waals surface area contributed by atoms with Gasteiger partial charge in [0.2, 0.25) is 10.0 Å². The molecule has 0 aliphatic heterocycles. The molecule has 16 heavy (non-hydrogen) atoms. The first kappa shape index (κ1) is 13.2. The summed E-state index contributed by atoms with van der Waals surface area (Å²) in [6.07, 6.45) is 0.514. The van der Waals surface area contributed by atoms with Gasteiger partial charge in [0.15, 0.2) is 0 Å². The average molecular weight is 302 g/mol. The maximum Gasteiger partial charge on any atom is 0.241 e. The molecule has 1 N–H and O–H groups in total. The Bertz CT molecular complexity index is 514. The first-order chi connectivity index (χ1) is 7.58. The van der Waals surface area contributed by atoms with E-state index in [2.05, 4.69) is 32.5 Å². The van der Waals surface area contributed by atoms with Crippen LogP contribution in [0.4, 0.5) is 0 Å². The van der Waals surface area contributed by atoms with Crippen LogP contribution in [0, 0.1) is 11.8 Å². The number of hydrogen-bond acceptors (Lipinski definition) is 2. The van der Waals surface area contributed by atoms with E-state index in [1.54, 1.807) is 31.2 Å². The fourth-order valence-electron chi connectivity index (χ4n) is 1.11. The number of rotatable bonds is 4. The van der Waals surface area contributed by atoms with Gasteiger partial charge in [-0.2, -0.15) is 0 Å². The van der Waals surface area contributed by atoms with Crippen molar-refractivity contribution < 1.29 is 8.42 Å². The molecule has 1 aromatic carbocycles. The smallest absolute Gasteiger partial charge is 0.210 e. The molecule has 0 aliphatic carbocycles. The van der Waals surface area contributed by atoms with Crippen LogP contribution < -0.4 is 4.72 Å². The number of nitrogens with one attached hydrogen (secondary N) is 1. The summed E-state index contributed by atoms with van der Waals surface area (Å²) >= 11 is 3.21. The van der Waals surface area contributed by atoms with Crippen LogP contribution in [0.15, 0.2) is 33.6 Å². The van der Waals surface area contributed by atoms with Gasteiger partial charge in [-0.3, -0.25) is 0 Å². The molecule has 0 atom stereocenters. The Labute approximate surface area is 104 Å². The van der Waals surface area contributed by atoms with E-state index >= 15 is 0 Å². The Morgan fingerprint density at radius 2 is 2.06 bits per heavy atom. The highest BCUT2D eigenvalue weighted by atomic mass is 79.9. The number of hydrogen-bond donors (Lipinski definition) is 1. The molecule has 0 saturated carbocycles. The summed E-state index contributed by atoms with van der Waals surface area (Å²) in [4.78, 5) is 0.249. The molecule has 3 nitrogen and oxygen atoms in total. The van der Waals surface area contributed by atoms with Gasteiger partial charge in [0.1, 0.15) is 0 Å². The van der Waals surface area contributed by atoms with Crippen molar-refractivity contribution in [3.63, 3.8) is 0 Å². The van der Waals surface area contributed by atoms with E-state index in [0.717, 1.165) is 0 Å². The molecule has 1 rings (SSSR count). The highest BCUT2D eigenvalue weighted by molar-refractivity contribution is 9.10. The van der Waals surface area contributed by atoms with Gasteiger partial charge in [-0.15, -0.1) is 11.8 Å². The van der Waals surface area contributed by atoms with Crippen molar-refractivity contribution in [2.24, 2.45) is 0 Å². The van der Waals surface area contributed by atoms with Crippen LogP contribution in [0.1, 0.15) is 13.3 Å². The van der Waals surface area contributed by atoms with Gasteiger partial charge in [0.05, 0.1) is 4.90 Å². The van der Waals surface area contributed by atoms with Crippen molar-refractivity contribution in [3.8, 4) is 11.8 Å². The zero-order chi connectivity index (χ0) is 12.0. The van der Waals surface area contributed by atoms with Crippen LogP contribution in [0.25, 0.3) is 0 Å². The Morgan fingerprint density at radius 3 is 2.69 bits per heavy atom. The van der Waals surface area contributed by atoms with E-state index in [9.17, 15) is 8.42 Å². The van der Waals surface area contributed by atoms with Gasteiger partial charge in [0.25, 0.3) is 0 Å². The summed E-state index contributed by atoms with van der Waals surface area (Å²) in [5.41, 5.74) is 0. The van der Waals surface area contributed by atoms with Gasteiger partial charge in [-0.1, -0.05) is 12.1 Å². The topological polar surface area (TPSA) is 46.2 Å². The van der Waals surface area contributed by atoms with E-state index in [4.69, 9.17) is 0 Å². The number of sulfonamides is 1. The van der Waals surface area contributed by atoms with E-state index < -0.39 is 10.0 Å². The quantitative estimate of drug-likeness (QED) is 0.684. The summed E-state index contributed by atoms with van der Waals surface area (Å²) in [6.45, 7) is 2.05. The van der Waals surface area contributed by atoms with Crippen molar-refractivity contribution in [2.75, 3.05) is 6.54 Å². The fourth-order valence-corrected chi connectivity index (χ4v) is 3.15. The Hall–Kier alpha value is -0.830. The molecule has 0 radical (unpaired) electrons. The Morgan fingerprint density at radius 1 is 1.38 bits per heavy atom. The largest absolute Gasteiger partial charge is 0.241 e. The number of benzene rings is 1. The molecular weight excluding hydrogens is 290 g/mol. The molecule has 0 aliphatic rings. The third-order valence-corrected chi connectivity index (χ3v) is 4.32. The molecule has 1 aromatic rings. The average Bonchev–Trinajstić information content (AvgIpc) is 2.25. The van der Waals surface area contributed by atoms with Gasteiger partial charge >= 0.3 is 0 Å². The standard InChI is InChI=1S/C11H12BrNO2S/c1-2-3-6-9-13-16(14,15)11-8-5-4-7-10(11)12/h4-5,7-8,13H,6,9H2,1H3. The van der Waals surface area contributed by atoms with Crippen molar-refractivity contribution in [2.45, 2.75) is 18.2 Å². The van der Waals surface area contributed by atoms with Crippen LogP contribution in [-0.2, 0) is 10.0 Å². The van der Waals surface area contributed by atoms with Gasteiger partial charge < -0.3 is 0 Å². The summed E-state index contributed by atoms with van der Waals surface area (Å²) in [5.74, 6) is 5.51. The molecule has 0 fully saturated rings. The monoisotopic (exact) mass is 301 g/mol. The lowest BCUT2D eigenvalue weighted by molar-refractivity contribution is 0.582. The first-order valence-electron chi connectivity index (χ1n) is 4.72. The molecular formula is C11H12BrNO2S. The third-order valence-electron chi connectivity index (χ3n) is 1.85. The maximum absolute atomic E-state index is 11.8. The maximum atomic E-state index is 11.8. The van der Waals surface area contributed by atoms with Gasteiger partial charge in [-0.05, 0) is 35.0 Å². The SMILES string of the molecule is CC#CCCNS(=O)(=O)c1ccccc1Br. The highest BCUT2D eigenvalue weighted by Gasteiger charge is 2.15. The lowest BCUT2D eigenvalue weighted by Crippen LogP contribution is -2.24. The first-order valence-corrected chi connectivity index (χ1v) is 6.99. The molecule has 0 spiro atoms. The summed E-state index contributed by atoms with van der Waals surface area (Å²) in [6, 6.07) is 6.70. The normalized spacial score (nSPS) is 10.6. The summed E-state index contributed by atoms with van der Waals surface area (Å²) < 4.78 is 26.7. The van der Waals surface area contributed by atoms with Gasteiger partial charge in [0, 0.05) is 17.4 Å².